The third-order valence-electron chi connectivity index (χ3n) is 6.10. The first kappa shape index (κ1) is 19.7. The van der Waals surface area contributed by atoms with E-state index in [1.807, 2.05) is 6.07 Å². The molecule has 2 heterocycles. The van der Waals surface area contributed by atoms with Crippen LogP contribution in [0.1, 0.15) is 23.6 Å². The summed E-state index contributed by atoms with van der Waals surface area (Å²) in [5.41, 5.74) is 5.81. The largest absolute Gasteiger partial charge is 0.494 e. The van der Waals surface area contributed by atoms with Gasteiger partial charge in [-0.05, 0) is 38.5 Å². The Morgan fingerprint density at radius 1 is 1.00 bits per heavy atom. The maximum Gasteiger partial charge on any atom is 0.167 e. The normalized spacial score (nSPS) is 18.5. The highest BCUT2D eigenvalue weighted by molar-refractivity contribution is 5.73. The number of nitrogens with zero attached hydrogens (tertiary/aromatic N) is 2. The molecule has 1 fully saturated rings. The van der Waals surface area contributed by atoms with Crippen molar-refractivity contribution in [2.45, 2.75) is 33.3 Å². The quantitative estimate of drug-likeness (QED) is 0.772. The number of piperazine rings is 1. The molecule has 0 aromatic heterocycles. The molecule has 5 nitrogen and oxygen atoms in total. The molecule has 1 unspecified atom stereocenters. The number of fused-ring (bicyclic) bond motifs is 1. The Morgan fingerprint density at radius 2 is 1.69 bits per heavy atom. The first-order valence-corrected chi connectivity index (χ1v) is 10.1. The van der Waals surface area contributed by atoms with Gasteiger partial charge in [0, 0.05) is 61.2 Å². The number of rotatable bonds is 4. The number of ether oxygens (including phenoxy) is 3. The number of halogens is 1. The Bertz CT molecular complexity index is 923. The first-order chi connectivity index (χ1) is 13.9. The monoisotopic (exact) mass is 400 g/mol. The van der Waals surface area contributed by atoms with Gasteiger partial charge in [0.1, 0.15) is 6.10 Å². The lowest BCUT2D eigenvalue weighted by molar-refractivity contribution is 0.243. The van der Waals surface area contributed by atoms with Gasteiger partial charge in [-0.2, -0.15) is 0 Å². The Kier molecular flexibility index (Phi) is 5.19. The van der Waals surface area contributed by atoms with Crippen LogP contribution in [0.5, 0.6) is 17.2 Å². The predicted octanol–water partition coefficient (Wildman–Crippen LogP) is 4.11. The number of hydrogen-bond donors (Lipinski definition) is 0. The van der Waals surface area contributed by atoms with Crippen LogP contribution in [-0.4, -0.2) is 46.5 Å². The van der Waals surface area contributed by atoms with E-state index in [4.69, 9.17) is 14.2 Å². The Hall–Kier alpha value is -2.63. The van der Waals surface area contributed by atoms with Gasteiger partial charge in [0.15, 0.2) is 23.1 Å². The topological polar surface area (TPSA) is 34.2 Å². The van der Waals surface area contributed by atoms with Crippen molar-refractivity contribution in [1.29, 1.82) is 0 Å². The average Bonchev–Trinajstić information content (AvgIpc) is 3.10. The maximum absolute atomic E-state index is 14.1. The molecule has 0 spiro atoms. The Labute approximate surface area is 172 Å². The minimum absolute atomic E-state index is 0.175. The minimum atomic E-state index is -0.323. The van der Waals surface area contributed by atoms with Gasteiger partial charge in [-0.3, -0.25) is 0 Å². The molecule has 0 radical (unpaired) electrons. The third-order valence-corrected chi connectivity index (χ3v) is 6.10. The fraction of sp³-hybridized carbons (Fsp3) is 0.478. The average molecular weight is 400 g/mol. The van der Waals surface area contributed by atoms with E-state index in [9.17, 15) is 4.39 Å². The smallest absolute Gasteiger partial charge is 0.167 e. The van der Waals surface area contributed by atoms with Gasteiger partial charge in [0.2, 0.25) is 0 Å². The van der Waals surface area contributed by atoms with Crippen molar-refractivity contribution in [3.63, 3.8) is 0 Å². The summed E-state index contributed by atoms with van der Waals surface area (Å²) in [6.07, 6.45) is 1.09. The molecular weight excluding hydrogens is 371 g/mol. The number of hydrogen-bond acceptors (Lipinski definition) is 5. The fourth-order valence-electron chi connectivity index (χ4n) is 4.67. The summed E-state index contributed by atoms with van der Waals surface area (Å²) in [7, 11) is 3.20. The zero-order chi connectivity index (χ0) is 20.7. The van der Waals surface area contributed by atoms with E-state index in [-0.39, 0.29) is 17.7 Å². The van der Waals surface area contributed by atoms with Gasteiger partial charge in [-0.1, -0.05) is 0 Å². The standard InChI is InChI=1S/C23H29FN2O3/c1-14-12-18-15(2)21(16(3)22(28-5)23(18)29-14)26-10-8-25(9-11-26)17-6-7-20(27-4)19(24)13-17/h6-7,13-14H,8-12H2,1-5H3. The van der Waals surface area contributed by atoms with E-state index in [2.05, 4.69) is 30.6 Å². The van der Waals surface area contributed by atoms with Gasteiger partial charge in [0.05, 0.1) is 14.2 Å². The zero-order valence-electron chi connectivity index (χ0n) is 17.8. The van der Waals surface area contributed by atoms with Crippen LogP contribution in [0, 0.1) is 19.7 Å². The summed E-state index contributed by atoms with van der Waals surface area (Å²) in [6, 6.07) is 5.17. The second kappa shape index (κ2) is 7.65. The fourth-order valence-corrected chi connectivity index (χ4v) is 4.67. The second-order valence-electron chi connectivity index (χ2n) is 7.87. The third kappa shape index (κ3) is 3.34. The van der Waals surface area contributed by atoms with Gasteiger partial charge >= 0.3 is 0 Å². The van der Waals surface area contributed by atoms with Crippen LogP contribution in [0.3, 0.4) is 0 Å². The Morgan fingerprint density at radius 3 is 2.31 bits per heavy atom. The molecule has 4 rings (SSSR count). The number of anilines is 2. The van der Waals surface area contributed by atoms with Crippen LogP contribution >= 0.6 is 0 Å². The number of benzene rings is 2. The highest BCUT2D eigenvalue weighted by atomic mass is 19.1. The lowest BCUT2D eigenvalue weighted by atomic mass is 9.96. The Balaban J connectivity index is 1.58. The van der Waals surface area contributed by atoms with Crippen LogP contribution in [0.15, 0.2) is 18.2 Å². The van der Waals surface area contributed by atoms with E-state index in [1.54, 1.807) is 19.2 Å². The SMILES string of the molecule is COc1ccc(N2CCN(c3c(C)c4c(c(OC)c3C)OC(C)C4)CC2)cc1F. The van der Waals surface area contributed by atoms with Crippen LogP contribution in [0.4, 0.5) is 15.8 Å². The molecule has 2 aromatic carbocycles. The minimum Gasteiger partial charge on any atom is -0.494 e. The molecule has 1 saturated heterocycles. The van der Waals surface area contributed by atoms with E-state index < -0.39 is 0 Å². The van der Waals surface area contributed by atoms with Crippen molar-refractivity contribution in [1.82, 2.24) is 0 Å². The summed E-state index contributed by atoms with van der Waals surface area (Å²) in [6.45, 7) is 9.79. The lowest BCUT2D eigenvalue weighted by Crippen LogP contribution is -2.47. The second-order valence-corrected chi connectivity index (χ2v) is 7.87. The van der Waals surface area contributed by atoms with Crippen LogP contribution in [0.2, 0.25) is 0 Å². The highest BCUT2D eigenvalue weighted by Crippen LogP contribution is 2.47. The van der Waals surface area contributed by atoms with E-state index >= 15 is 0 Å². The molecule has 156 valence electrons. The molecule has 0 aliphatic carbocycles. The van der Waals surface area contributed by atoms with Gasteiger partial charge in [-0.15, -0.1) is 0 Å². The molecule has 2 aliphatic rings. The molecule has 0 amide bonds. The molecule has 0 saturated carbocycles. The highest BCUT2D eigenvalue weighted by Gasteiger charge is 2.31. The van der Waals surface area contributed by atoms with Gasteiger partial charge in [0.25, 0.3) is 0 Å². The number of methoxy groups -OCH3 is 2. The molecule has 6 heteroatoms. The summed E-state index contributed by atoms with van der Waals surface area (Å²) in [5.74, 6) is 1.72. The van der Waals surface area contributed by atoms with Gasteiger partial charge in [-0.25, -0.2) is 4.39 Å². The molecule has 29 heavy (non-hydrogen) atoms. The molecule has 1 atom stereocenters. The summed E-state index contributed by atoms with van der Waals surface area (Å²) in [5, 5.41) is 0. The van der Waals surface area contributed by atoms with Crippen molar-refractivity contribution in [3.8, 4) is 17.2 Å². The molecule has 2 aromatic rings. The first-order valence-electron chi connectivity index (χ1n) is 10.1. The van der Waals surface area contributed by atoms with Crippen molar-refractivity contribution in [2.75, 3.05) is 50.2 Å². The van der Waals surface area contributed by atoms with E-state index in [0.717, 1.165) is 55.3 Å². The van der Waals surface area contributed by atoms with Crippen molar-refractivity contribution < 1.29 is 18.6 Å². The van der Waals surface area contributed by atoms with Crippen molar-refractivity contribution in [2.24, 2.45) is 0 Å². The van der Waals surface area contributed by atoms with Crippen LogP contribution < -0.4 is 24.0 Å². The molecular formula is C23H29FN2O3. The maximum atomic E-state index is 14.1. The summed E-state index contributed by atoms with van der Waals surface area (Å²) in [4.78, 5) is 4.65. The summed E-state index contributed by atoms with van der Waals surface area (Å²) < 4.78 is 30.9. The molecule has 2 aliphatic heterocycles. The van der Waals surface area contributed by atoms with Gasteiger partial charge < -0.3 is 24.0 Å². The zero-order valence-corrected chi connectivity index (χ0v) is 17.8. The lowest BCUT2D eigenvalue weighted by Gasteiger charge is -2.39. The van der Waals surface area contributed by atoms with Crippen LogP contribution in [0.25, 0.3) is 0 Å². The predicted molar refractivity (Wildman–Crippen MR) is 114 cm³/mol. The van der Waals surface area contributed by atoms with E-state index in [0.29, 0.717) is 0 Å². The van der Waals surface area contributed by atoms with Crippen LogP contribution in [-0.2, 0) is 6.42 Å². The summed E-state index contributed by atoms with van der Waals surface area (Å²) >= 11 is 0. The molecule has 0 N–H and O–H groups in total. The molecule has 0 bridgehead atoms. The van der Waals surface area contributed by atoms with E-state index in [1.165, 1.54) is 23.9 Å². The van der Waals surface area contributed by atoms with Crippen molar-refractivity contribution >= 4 is 11.4 Å². The van der Waals surface area contributed by atoms with Crippen molar-refractivity contribution in [3.05, 3.63) is 40.7 Å².